The largest absolute Gasteiger partial charge is 0.348 e. The molecule has 1 aromatic carbocycles. The van der Waals surface area contributed by atoms with Crippen LogP contribution in [0.2, 0.25) is 0 Å². The van der Waals surface area contributed by atoms with E-state index in [1.54, 1.807) is 11.3 Å². The second kappa shape index (κ2) is 6.54. The first-order valence-electron chi connectivity index (χ1n) is 7.07. The Balaban J connectivity index is 1.73. The van der Waals surface area contributed by atoms with Crippen LogP contribution < -0.4 is 5.32 Å². The highest BCUT2D eigenvalue weighted by atomic mass is 32.1. The predicted molar refractivity (Wildman–Crippen MR) is 89.9 cm³/mol. The van der Waals surface area contributed by atoms with Gasteiger partial charge in [0.05, 0.1) is 21.8 Å². The molecule has 0 aliphatic carbocycles. The van der Waals surface area contributed by atoms with Gasteiger partial charge in [0.2, 0.25) is 0 Å². The second-order valence-corrected chi connectivity index (χ2v) is 5.92. The standard InChI is InChI=1S/C18H16N2OS/c1-13-15(9-10-16(20-13)17-8-5-11-22-17)18(21)19-12-14-6-3-2-4-7-14/h2-11H,12H2,1H3,(H,19,21). The molecule has 2 heterocycles. The minimum Gasteiger partial charge on any atom is -0.348 e. The van der Waals surface area contributed by atoms with Crippen molar-refractivity contribution in [1.82, 2.24) is 10.3 Å². The fraction of sp³-hybridized carbons (Fsp3) is 0.111. The molecule has 0 bridgehead atoms. The molecule has 0 spiro atoms. The van der Waals surface area contributed by atoms with E-state index in [1.807, 2.05) is 66.9 Å². The van der Waals surface area contributed by atoms with Crippen molar-refractivity contribution in [3.63, 3.8) is 0 Å². The first kappa shape index (κ1) is 14.5. The van der Waals surface area contributed by atoms with E-state index in [1.165, 1.54) is 0 Å². The third-order valence-electron chi connectivity index (χ3n) is 3.40. The molecule has 0 aliphatic rings. The molecule has 110 valence electrons. The van der Waals surface area contributed by atoms with E-state index in [0.717, 1.165) is 21.8 Å². The molecule has 0 unspecified atom stereocenters. The molecule has 3 rings (SSSR count). The molecule has 22 heavy (non-hydrogen) atoms. The number of nitrogens with one attached hydrogen (secondary N) is 1. The van der Waals surface area contributed by atoms with Gasteiger partial charge in [0.1, 0.15) is 0 Å². The van der Waals surface area contributed by atoms with Gasteiger partial charge in [-0.3, -0.25) is 9.78 Å². The average Bonchev–Trinajstić information content (AvgIpc) is 3.08. The number of aromatic nitrogens is 1. The minimum absolute atomic E-state index is 0.0911. The molecule has 3 nitrogen and oxygen atoms in total. The molecule has 2 aromatic heterocycles. The van der Waals surface area contributed by atoms with Crippen molar-refractivity contribution in [2.45, 2.75) is 13.5 Å². The van der Waals surface area contributed by atoms with Gasteiger partial charge in [0, 0.05) is 6.54 Å². The van der Waals surface area contributed by atoms with E-state index in [0.29, 0.717) is 12.1 Å². The van der Waals surface area contributed by atoms with Crippen molar-refractivity contribution in [2.75, 3.05) is 0 Å². The Kier molecular flexibility index (Phi) is 4.30. The lowest BCUT2D eigenvalue weighted by atomic mass is 10.1. The van der Waals surface area contributed by atoms with Crippen molar-refractivity contribution in [2.24, 2.45) is 0 Å². The maximum absolute atomic E-state index is 12.3. The zero-order valence-electron chi connectivity index (χ0n) is 12.2. The summed E-state index contributed by atoms with van der Waals surface area (Å²) >= 11 is 1.64. The van der Waals surface area contributed by atoms with Gasteiger partial charge in [-0.15, -0.1) is 11.3 Å². The number of carbonyl (C=O) groups is 1. The maximum atomic E-state index is 12.3. The van der Waals surface area contributed by atoms with Crippen molar-refractivity contribution < 1.29 is 4.79 Å². The molecular formula is C18H16N2OS. The molecule has 0 saturated carbocycles. The van der Waals surface area contributed by atoms with Gasteiger partial charge in [-0.25, -0.2) is 0 Å². The molecule has 0 radical (unpaired) electrons. The molecule has 3 aromatic rings. The molecule has 0 aliphatic heterocycles. The van der Waals surface area contributed by atoms with Gasteiger partial charge in [-0.1, -0.05) is 36.4 Å². The minimum atomic E-state index is -0.0911. The number of thiophene rings is 1. The molecule has 1 amide bonds. The monoisotopic (exact) mass is 308 g/mol. The summed E-state index contributed by atoms with van der Waals surface area (Å²) in [4.78, 5) is 17.9. The van der Waals surface area contributed by atoms with Crippen LogP contribution in [0, 0.1) is 6.92 Å². The van der Waals surface area contributed by atoms with E-state index in [-0.39, 0.29) is 5.91 Å². The fourth-order valence-electron chi connectivity index (χ4n) is 2.24. The first-order chi connectivity index (χ1) is 10.7. The van der Waals surface area contributed by atoms with Crippen LogP contribution in [-0.4, -0.2) is 10.9 Å². The fourth-order valence-corrected chi connectivity index (χ4v) is 2.93. The number of carbonyl (C=O) groups excluding carboxylic acids is 1. The van der Waals surface area contributed by atoms with Crippen LogP contribution in [0.5, 0.6) is 0 Å². The third-order valence-corrected chi connectivity index (χ3v) is 4.29. The number of hydrogen-bond acceptors (Lipinski definition) is 3. The highest BCUT2D eigenvalue weighted by Gasteiger charge is 2.11. The highest BCUT2D eigenvalue weighted by molar-refractivity contribution is 7.13. The van der Waals surface area contributed by atoms with E-state index < -0.39 is 0 Å². The Morgan fingerprint density at radius 1 is 1.09 bits per heavy atom. The lowest BCUT2D eigenvalue weighted by Gasteiger charge is -2.08. The summed E-state index contributed by atoms with van der Waals surface area (Å²) in [5.74, 6) is -0.0911. The highest BCUT2D eigenvalue weighted by Crippen LogP contribution is 2.23. The van der Waals surface area contributed by atoms with Gasteiger partial charge in [0.15, 0.2) is 0 Å². The number of aryl methyl sites for hydroxylation is 1. The van der Waals surface area contributed by atoms with E-state index in [9.17, 15) is 4.79 Å². The number of amides is 1. The Morgan fingerprint density at radius 3 is 2.59 bits per heavy atom. The summed E-state index contributed by atoms with van der Waals surface area (Å²) in [5, 5.41) is 4.95. The zero-order chi connectivity index (χ0) is 15.4. The lowest BCUT2D eigenvalue weighted by Crippen LogP contribution is -2.23. The summed E-state index contributed by atoms with van der Waals surface area (Å²) in [6.07, 6.45) is 0. The average molecular weight is 308 g/mol. The van der Waals surface area contributed by atoms with Crippen molar-refractivity contribution in [1.29, 1.82) is 0 Å². The molecule has 0 fully saturated rings. The van der Waals surface area contributed by atoms with Gasteiger partial charge >= 0.3 is 0 Å². The van der Waals surface area contributed by atoms with E-state index in [4.69, 9.17) is 0 Å². The third kappa shape index (κ3) is 3.23. The molecule has 4 heteroatoms. The topological polar surface area (TPSA) is 42.0 Å². The SMILES string of the molecule is Cc1nc(-c2cccs2)ccc1C(=O)NCc1ccccc1. The quantitative estimate of drug-likeness (QED) is 0.790. The van der Waals surface area contributed by atoms with Crippen LogP contribution in [0.3, 0.4) is 0 Å². The normalized spacial score (nSPS) is 10.4. The number of benzene rings is 1. The summed E-state index contributed by atoms with van der Waals surface area (Å²) in [6, 6.07) is 17.6. The predicted octanol–water partition coefficient (Wildman–Crippen LogP) is 4.05. The zero-order valence-corrected chi connectivity index (χ0v) is 13.1. The molecule has 0 saturated heterocycles. The van der Waals surface area contributed by atoms with Crippen LogP contribution in [0.4, 0.5) is 0 Å². The van der Waals surface area contributed by atoms with Gasteiger partial charge in [-0.05, 0) is 36.1 Å². The lowest BCUT2D eigenvalue weighted by molar-refractivity contribution is 0.0950. The number of rotatable bonds is 4. The van der Waals surface area contributed by atoms with E-state index in [2.05, 4.69) is 10.3 Å². The van der Waals surface area contributed by atoms with E-state index >= 15 is 0 Å². The van der Waals surface area contributed by atoms with Crippen LogP contribution in [0.25, 0.3) is 10.6 Å². The maximum Gasteiger partial charge on any atom is 0.253 e. The number of hydrogen-bond donors (Lipinski definition) is 1. The summed E-state index contributed by atoms with van der Waals surface area (Å²) in [6.45, 7) is 2.39. The number of pyridine rings is 1. The Morgan fingerprint density at radius 2 is 1.91 bits per heavy atom. The van der Waals surface area contributed by atoms with Crippen molar-refractivity contribution in [3.05, 3.63) is 76.8 Å². The number of nitrogens with zero attached hydrogens (tertiary/aromatic N) is 1. The Labute approximate surface area is 133 Å². The van der Waals surface area contributed by atoms with Gasteiger partial charge in [-0.2, -0.15) is 0 Å². The van der Waals surface area contributed by atoms with Crippen LogP contribution in [-0.2, 0) is 6.54 Å². The summed E-state index contributed by atoms with van der Waals surface area (Å²) in [5.41, 5.74) is 3.36. The van der Waals surface area contributed by atoms with Crippen LogP contribution >= 0.6 is 11.3 Å². The van der Waals surface area contributed by atoms with Gasteiger partial charge in [0.25, 0.3) is 5.91 Å². The molecule has 0 atom stereocenters. The van der Waals surface area contributed by atoms with Crippen LogP contribution in [0.1, 0.15) is 21.6 Å². The smallest absolute Gasteiger partial charge is 0.253 e. The molecule has 1 N–H and O–H groups in total. The van der Waals surface area contributed by atoms with Gasteiger partial charge < -0.3 is 5.32 Å². The molecular weight excluding hydrogens is 292 g/mol. The Bertz CT molecular complexity index is 767. The summed E-state index contributed by atoms with van der Waals surface area (Å²) < 4.78 is 0. The van der Waals surface area contributed by atoms with Crippen molar-refractivity contribution >= 4 is 17.2 Å². The first-order valence-corrected chi connectivity index (χ1v) is 7.95. The second-order valence-electron chi connectivity index (χ2n) is 4.98. The van der Waals surface area contributed by atoms with Crippen LogP contribution in [0.15, 0.2) is 60.0 Å². The Hall–Kier alpha value is -2.46. The van der Waals surface area contributed by atoms with Crippen molar-refractivity contribution in [3.8, 4) is 10.6 Å². The summed E-state index contributed by atoms with van der Waals surface area (Å²) in [7, 11) is 0.